The lowest BCUT2D eigenvalue weighted by Crippen LogP contribution is -2.41. The Morgan fingerprint density at radius 2 is 1.91 bits per heavy atom. The number of ether oxygens (including phenoxy) is 1. The van der Waals surface area contributed by atoms with Crippen LogP contribution in [-0.2, 0) is 16.8 Å². The molecule has 6 nitrogen and oxygen atoms in total. The van der Waals surface area contributed by atoms with Gasteiger partial charge in [-0.05, 0) is 55.2 Å². The van der Waals surface area contributed by atoms with Crippen LogP contribution in [0.25, 0.3) is 0 Å². The van der Waals surface area contributed by atoms with Crippen LogP contribution in [0, 0.1) is 0 Å². The Balaban J connectivity index is 0.00000363. The van der Waals surface area contributed by atoms with Gasteiger partial charge in [0, 0.05) is 37.6 Å². The Labute approximate surface area is 212 Å². The fourth-order valence-electron chi connectivity index (χ4n) is 3.31. The highest BCUT2D eigenvalue weighted by Crippen LogP contribution is 2.48. The molecule has 1 aliphatic rings. The second-order valence-electron chi connectivity index (χ2n) is 8.06. The second kappa shape index (κ2) is 12.3. The van der Waals surface area contributed by atoms with Gasteiger partial charge in [0.25, 0.3) is 5.91 Å². The minimum Gasteiger partial charge on any atom is -0.484 e. The van der Waals surface area contributed by atoms with Crippen molar-refractivity contribution in [2.75, 3.05) is 33.8 Å². The summed E-state index contributed by atoms with van der Waals surface area (Å²) in [4.78, 5) is 18.0. The zero-order valence-corrected chi connectivity index (χ0v) is 21.9. The summed E-state index contributed by atoms with van der Waals surface area (Å²) in [7, 11) is 3.43. The summed E-state index contributed by atoms with van der Waals surface area (Å²) in [6, 6.07) is 15.8. The second-order valence-corrected chi connectivity index (χ2v) is 8.50. The van der Waals surface area contributed by atoms with E-state index in [1.807, 2.05) is 36.4 Å². The summed E-state index contributed by atoms with van der Waals surface area (Å²) in [5.74, 6) is 1.37. The number of amides is 1. The largest absolute Gasteiger partial charge is 0.484 e. The van der Waals surface area contributed by atoms with Crippen molar-refractivity contribution in [1.82, 2.24) is 15.5 Å². The number of halogens is 2. The predicted octanol–water partition coefficient (Wildman–Crippen LogP) is 4.21. The molecule has 3 rings (SSSR count). The van der Waals surface area contributed by atoms with Crippen molar-refractivity contribution in [3.05, 3.63) is 64.7 Å². The smallest absolute Gasteiger partial charge is 0.259 e. The molecular formula is C24H32ClIN4O2. The van der Waals surface area contributed by atoms with E-state index in [4.69, 9.17) is 21.3 Å². The molecule has 2 aromatic carbocycles. The molecule has 1 aliphatic carbocycles. The lowest BCUT2D eigenvalue weighted by Gasteiger charge is -2.19. The molecule has 0 spiro atoms. The third-order valence-electron chi connectivity index (χ3n) is 5.41. The van der Waals surface area contributed by atoms with Gasteiger partial charge < -0.3 is 20.3 Å². The summed E-state index contributed by atoms with van der Waals surface area (Å²) >= 11 is 6.19. The van der Waals surface area contributed by atoms with Gasteiger partial charge in [0.05, 0.1) is 6.54 Å². The van der Waals surface area contributed by atoms with Crippen molar-refractivity contribution in [3.63, 3.8) is 0 Å². The van der Waals surface area contributed by atoms with Gasteiger partial charge in [-0.2, -0.15) is 0 Å². The van der Waals surface area contributed by atoms with Crippen molar-refractivity contribution in [2.45, 2.75) is 31.7 Å². The van der Waals surface area contributed by atoms with Crippen molar-refractivity contribution in [1.29, 1.82) is 0 Å². The minimum atomic E-state index is -0.0734. The van der Waals surface area contributed by atoms with Crippen LogP contribution in [0.5, 0.6) is 5.75 Å². The van der Waals surface area contributed by atoms with E-state index in [-0.39, 0.29) is 41.9 Å². The van der Waals surface area contributed by atoms with E-state index in [0.29, 0.717) is 12.3 Å². The van der Waals surface area contributed by atoms with Gasteiger partial charge in [0.1, 0.15) is 5.75 Å². The molecule has 2 aromatic rings. The van der Waals surface area contributed by atoms with Gasteiger partial charge >= 0.3 is 0 Å². The highest BCUT2D eigenvalue weighted by atomic mass is 127. The number of rotatable bonds is 9. The van der Waals surface area contributed by atoms with Crippen LogP contribution in [0.15, 0.2) is 53.5 Å². The molecule has 0 unspecified atom stereocenters. The molecule has 1 fully saturated rings. The van der Waals surface area contributed by atoms with E-state index in [1.165, 1.54) is 10.5 Å². The predicted molar refractivity (Wildman–Crippen MR) is 141 cm³/mol. The number of hydrogen-bond acceptors (Lipinski definition) is 3. The van der Waals surface area contributed by atoms with Crippen molar-refractivity contribution in [3.8, 4) is 5.75 Å². The van der Waals surface area contributed by atoms with Crippen LogP contribution in [0.2, 0.25) is 5.02 Å². The van der Waals surface area contributed by atoms with Gasteiger partial charge in [0.15, 0.2) is 12.6 Å². The average Bonchev–Trinajstić information content (AvgIpc) is 3.55. The Kier molecular flexibility index (Phi) is 10.1. The minimum absolute atomic E-state index is 0. The zero-order valence-electron chi connectivity index (χ0n) is 18.9. The van der Waals surface area contributed by atoms with Crippen molar-refractivity contribution >= 4 is 47.4 Å². The van der Waals surface area contributed by atoms with Crippen LogP contribution >= 0.6 is 35.6 Å². The standard InChI is InChI=1S/C24H31ClN4O2.HI/c1-4-26-23(28-17-24(11-12-24)19-8-6-9-20(25)14-19)27-15-18-7-5-10-21(13-18)31-16-22(30)29(2)3;/h5-10,13-14H,4,11-12,15-17H2,1-3H3,(H2,26,27,28);1H. The maximum atomic E-state index is 11.7. The summed E-state index contributed by atoms with van der Waals surface area (Å²) in [6.45, 7) is 4.19. The zero-order chi connectivity index (χ0) is 22.3. The third kappa shape index (κ3) is 7.55. The highest BCUT2D eigenvalue weighted by molar-refractivity contribution is 14.0. The van der Waals surface area contributed by atoms with E-state index < -0.39 is 0 Å². The van der Waals surface area contributed by atoms with Gasteiger partial charge in [-0.15, -0.1) is 24.0 Å². The quantitative estimate of drug-likeness (QED) is 0.269. The first kappa shape index (κ1) is 26.3. The van der Waals surface area contributed by atoms with Gasteiger partial charge in [-0.25, -0.2) is 4.99 Å². The molecule has 1 saturated carbocycles. The highest BCUT2D eigenvalue weighted by Gasteiger charge is 2.44. The molecule has 0 aromatic heterocycles. The number of likely N-dealkylation sites (N-methyl/N-ethyl adjacent to an activating group) is 1. The Hall–Kier alpha value is -2.00. The molecule has 8 heteroatoms. The number of nitrogens with one attached hydrogen (secondary N) is 2. The monoisotopic (exact) mass is 570 g/mol. The average molecular weight is 571 g/mol. The molecule has 1 amide bonds. The third-order valence-corrected chi connectivity index (χ3v) is 5.64. The summed E-state index contributed by atoms with van der Waals surface area (Å²) in [5, 5.41) is 7.58. The molecule has 32 heavy (non-hydrogen) atoms. The Bertz CT molecular complexity index is 932. The van der Waals surface area contributed by atoms with Gasteiger partial charge in [0.2, 0.25) is 0 Å². The van der Waals surface area contributed by atoms with Crippen molar-refractivity contribution < 1.29 is 9.53 Å². The molecule has 0 saturated heterocycles. The molecule has 2 N–H and O–H groups in total. The number of nitrogens with zero attached hydrogens (tertiary/aromatic N) is 2. The number of guanidine groups is 1. The lowest BCUT2D eigenvalue weighted by atomic mass is 9.96. The molecular weight excluding hydrogens is 539 g/mol. The topological polar surface area (TPSA) is 66.0 Å². The maximum absolute atomic E-state index is 11.7. The Morgan fingerprint density at radius 3 is 2.56 bits per heavy atom. The number of carbonyl (C=O) groups excluding carboxylic acids is 1. The number of benzene rings is 2. The van der Waals surface area contributed by atoms with E-state index in [2.05, 4.69) is 29.7 Å². The molecule has 0 bridgehead atoms. The van der Waals surface area contributed by atoms with E-state index in [1.54, 1.807) is 14.1 Å². The summed E-state index contributed by atoms with van der Waals surface area (Å²) < 4.78 is 5.60. The lowest BCUT2D eigenvalue weighted by molar-refractivity contribution is -0.130. The SMILES string of the molecule is CCNC(=NCc1cccc(OCC(=O)N(C)C)c1)NCC1(c2cccc(Cl)c2)CC1.I. The van der Waals surface area contributed by atoms with Gasteiger partial charge in [-0.1, -0.05) is 35.9 Å². The van der Waals surface area contributed by atoms with E-state index in [9.17, 15) is 4.79 Å². The van der Waals surface area contributed by atoms with Gasteiger partial charge in [-0.3, -0.25) is 4.79 Å². The van der Waals surface area contributed by atoms with Crippen molar-refractivity contribution in [2.24, 2.45) is 4.99 Å². The molecule has 0 aliphatic heterocycles. The summed E-state index contributed by atoms with van der Waals surface area (Å²) in [6.07, 6.45) is 2.29. The Morgan fingerprint density at radius 1 is 1.16 bits per heavy atom. The fourth-order valence-corrected chi connectivity index (χ4v) is 3.50. The molecule has 174 valence electrons. The first-order valence-corrected chi connectivity index (χ1v) is 11.0. The molecule has 0 atom stereocenters. The first-order chi connectivity index (χ1) is 14.9. The fraction of sp³-hybridized carbons (Fsp3) is 0.417. The summed E-state index contributed by atoms with van der Waals surface area (Å²) in [5.41, 5.74) is 2.43. The maximum Gasteiger partial charge on any atom is 0.259 e. The normalized spacial score (nSPS) is 14.2. The number of aliphatic imine (C=N–C) groups is 1. The van der Waals surface area contributed by atoms with E-state index >= 15 is 0 Å². The van der Waals surface area contributed by atoms with Crippen LogP contribution < -0.4 is 15.4 Å². The number of carbonyl (C=O) groups is 1. The van der Waals surface area contributed by atoms with Crippen LogP contribution in [-0.4, -0.2) is 50.6 Å². The number of hydrogen-bond donors (Lipinski definition) is 2. The van der Waals surface area contributed by atoms with Crippen LogP contribution in [0.1, 0.15) is 30.9 Å². The molecule has 0 heterocycles. The van der Waals surface area contributed by atoms with E-state index in [0.717, 1.165) is 42.5 Å². The first-order valence-electron chi connectivity index (χ1n) is 10.6. The molecule has 0 radical (unpaired) electrons. The van der Waals surface area contributed by atoms with Crippen LogP contribution in [0.3, 0.4) is 0 Å². The van der Waals surface area contributed by atoms with Crippen LogP contribution in [0.4, 0.5) is 0 Å².